The van der Waals surface area contributed by atoms with Crippen LogP contribution in [0.15, 0.2) is 54.6 Å². The van der Waals surface area contributed by atoms with Crippen LogP contribution in [0.25, 0.3) is 0 Å². The molecular formula is C42H40Cl6O12. The summed E-state index contributed by atoms with van der Waals surface area (Å²) in [6.07, 6.45) is 4.21. The largest absolute Gasteiger partial charge is 0.481 e. The van der Waals surface area contributed by atoms with Crippen molar-refractivity contribution in [2.75, 3.05) is 33.0 Å². The van der Waals surface area contributed by atoms with Gasteiger partial charge >= 0.3 is 17.9 Å². The number of Topliss-reactive ketones (excluding diaryl/α,β-unsaturated/α-hetero) is 3. The molecule has 322 valence electrons. The minimum absolute atomic E-state index is 0.0387. The fourth-order valence-electron chi connectivity index (χ4n) is 6.36. The molecule has 1 aliphatic heterocycles. The Morgan fingerprint density at radius 2 is 0.967 bits per heavy atom. The standard InChI is InChI=1S/C18H20Cl2O5.C13H12Cl2O4.C11H8Cl2O3/c19-14-5-4-11(9-15(14)20)17(21)12-10-13(12)18(22)25-8-7-24-16-3-1-2-6-23-16;14-10-2-1-7(5-11(10)15)12(17)8-6-9(8)13(18)19-4-3-16;12-8-2-1-5(3-9(8)13)10(14)6-4-7(6)11(15)16/h4-5,9,12-13,16H,1-3,6-8,10H2;1-2,5,8-9,16H,3-4,6H2;1-3,6-7H,4H2,(H,15,16)/t12-,13-,16?;8-,9-;6-,7-/m000/s1. The number of ether oxygens (including phenoxy) is 4. The number of aliphatic hydroxyl groups is 1. The first-order valence-electron chi connectivity index (χ1n) is 19.0. The van der Waals surface area contributed by atoms with E-state index in [9.17, 15) is 28.8 Å². The molecule has 18 heteroatoms. The monoisotopic (exact) mass is 946 g/mol. The number of rotatable bonds is 15. The molecule has 0 radical (unpaired) electrons. The molecular weight excluding hydrogens is 909 g/mol. The Morgan fingerprint density at radius 3 is 1.33 bits per heavy atom. The van der Waals surface area contributed by atoms with Crippen LogP contribution in [0, 0.1) is 35.5 Å². The quantitative estimate of drug-likeness (QED) is 0.0840. The Labute approximate surface area is 375 Å². The highest BCUT2D eigenvalue weighted by Crippen LogP contribution is 2.44. The second-order valence-corrected chi connectivity index (χ2v) is 16.8. The average Bonchev–Trinajstić information content (AvgIpc) is 4.11. The molecule has 0 bridgehead atoms. The van der Waals surface area contributed by atoms with Gasteiger partial charge in [0.1, 0.15) is 13.2 Å². The topological polar surface area (TPSA) is 180 Å². The van der Waals surface area contributed by atoms with Crippen LogP contribution >= 0.6 is 69.6 Å². The number of halogens is 6. The molecule has 3 aromatic carbocycles. The van der Waals surface area contributed by atoms with E-state index in [-0.39, 0.29) is 67.2 Å². The summed E-state index contributed by atoms with van der Waals surface area (Å²) in [5, 5.41) is 19.4. The molecule has 3 aliphatic carbocycles. The fraction of sp³-hybridized carbons (Fsp3) is 0.429. The highest BCUT2D eigenvalue weighted by molar-refractivity contribution is 6.43. The van der Waals surface area contributed by atoms with E-state index in [0.717, 1.165) is 19.3 Å². The predicted octanol–water partition coefficient (Wildman–Crippen LogP) is 9.14. The number of carbonyl (C=O) groups is 6. The average molecular weight is 949 g/mol. The van der Waals surface area contributed by atoms with Crippen molar-refractivity contribution >= 4 is 105 Å². The Kier molecular flexibility index (Phi) is 17.6. The lowest BCUT2D eigenvalue weighted by molar-refractivity contribution is -0.174. The second kappa shape index (κ2) is 22.2. The summed E-state index contributed by atoms with van der Waals surface area (Å²) < 4.78 is 20.9. The van der Waals surface area contributed by atoms with Gasteiger partial charge in [0, 0.05) is 41.1 Å². The van der Waals surface area contributed by atoms with E-state index in [1.807, 2.05) is 0 Å². The number of hydrogen-bond donors (Lipinski definition) is 2. The minimum atomic E-state index is -0.918. The number of esters is 2. The van der Waals surface area contributed by atoms with Crippen molar-refractivity contribution in [3.05, 3.63) is 101 Å². The maximum absolute atomic E-state index is 12.4. The Balaban J connectivity index is 0.000000176. The molecule has 3 saturated carbocycles. The van der Waals surface area contributed by atoms with Gasteiger partial charge in [0.15, 0.2) is 23.6 Å². The Morgan fingerprint density at radius 1 is 0.550 bits per heavy atom. The maximum atomic E-state index is 12.4. The van der Waals surface area contributed by atoms with Crippen molar-refractivity contribution < 1.29 is 57.9 Å². The summed E-state index contributed by atoms with van der Waals surface area (Å²) in [6.45, 7) is 0.926. The molecule has 4 fully saturated rings. The molecule has 3 aromatic rings. The number of carboxylic acid groups (broad SMARTS) is 1. The van der Waals surface area contributed by atoms with Crippen molar-refractivity contribution in [2.45, 2.75) is 44.8 Å². The van der Waals surface area contributed by atoms with Gasteiger partial charge in [-0.2, -0.15) is 0 Å². The van der Waals surface area contributed by atoms with Crippen LogP contribution in [0.2, 0.25) is 30.1 Å². The molecule has 0 spiro atoms. The number of carboxylic acids is 1. The number of carbonyl (C=O) groups excluding carboxylic acids is 5. The highest BCUT2D eigenvalue weighted by Gasteiger charge is 2.50. The van der Waals surface area contributed by atoms with Gasteiger partial charge in [-0.05, 0) is 93.1 Å². The Bertz CT molecular complexity index is 2090. The smallest absolute Gasteiger partial charge is 0.309 e. The normalized spacial score (nSPS) is 23.4. The summed E-state index contributed by atoms with van der Waals surface area (Å²) in [7, 11) is 0. The molecule has 2 N–H and O–H groups in total. The van der Waals surface area contributed by atoms with E-state index in [1.54, 1.807) is 30.3 Å². The first-order chi connectivity index (χ1) is 28.6. The van der Waals surface area contributed by atoms with Crippen molar-refractivity contribution in [1.82, 2.24) is 0 Å². The lowest BCUT2D eigenvalue weighted by atomic mass is 10.1. The zero-order valence-corrected chi connectivity index (χ0v) is 36.3. The molecule has 60 heavy (non-hydrogen) atoms. The van der Waals surface area contributed by atoms with E-state index in [1.165, 1.54) is 24.3 Å². The predicted molar refractivity (Wildman–Crippen MR) is 223 cm³/mol. The number of aliphatic carboxylic acids is 1. The van der Waals surface area contributed by atoms with E-state index in [2.05, 4.69) is 0 Å². The van der Waals surface area contributed by atoms with E-state index >= 15 is 0 Å². The molecule has 1 unspecified atom stereocenters. The third kappa shape index (κ3) is 13.3. The number of aliphatic hydroxyl groups excluding tert-OH is 1. The van der Waals surface area contributed by atoms with Crippen LogP contribution in [-0.2, 0) is 33.3 Å². The van der Waals surface area contributed by atoms with Gasteiger partial charge in [-0.15, -0.1) is 0 Å². The summed E-state index contributed by atoms with van der Waals surface area (Å²) in [6, 6.07) is 14.0. The van der Waals surface area contributed by atoms with Crippen LogP contribution in [0.3, 0.4) is 0 Å². The summed E-state index contributed by atoms with van der Waals surface area (Å²) in [4.78, 5) is 70.4. The molecule has 0 aromatic heterocycles. The van der Waals surface area contributed by atoms with Gasteiger partial charge < -0.3 is 29.2 Å². The molecule has 4 aliphatic rings. The lowest BCUT2D eigenvalue weighted by Gasteiger charge is -2.22. The van der Waals surface area contributed by atoms with Crippen LogP contribution in [0.5, 0.6) is 0 Å². The first-order valence-corrected chi connectivity index (χ1v) is 21.3. The van der Waals surface area contributed by atoms with E-state index < -0.39 is 29.7 Å². The summed E-state index contributed by atoms with van der Waals surface area (Å²) in [5.41, 5.74) is 1.33. The molecule has 1 heterocycles. The molecule has 12 nitrogen and oxygen atoms in total. The maximum Gasteiger partial charge on any atom is 0.309 e. The number of benzene rings is 3. The molecule has 1 saturated heterocycles. The van der Waals surface area contributed by atoms with Crippen LogP contribution in [-0.4, -0.2) is 84.8 Å². The van der Waals surface area contributed by atoms with Gasteiger partial charge in [0.25, 0.3) is 0 Å². The summed E-state index contributed by atoms with van der Waals surface area (Å²) in [5.74, 6) is -4.56. The van der Waals surface area contributed by atoms with Gasteiger partial charge in [-0.1, -0.05) is 69.6 Å². The third-order valence-electron chi connectivity index (χ3n) is 10.0. The number of ketones is 3. The highest BCUT2D eigenvalue weighted by atomic mass is 35.5. The zero-order chi connectivity index (χ0) is 43.7. The zero-order valence-electron chi connectivity index (χ0n) is 31.8. The van der Waals surface area contributed by atoms with Crippen LogP contribution < -0.4 is 0 Å². The van der Waals surface area contributed by atoms with Gasteiger partial charge in [-0.3, -0.25) is 28.8 Å². The van der Waals surface area contributed by atoms with E-state index in [4.69, 9.17) is 98.8 Å². The van der Waals surface area contributed by atoms with E-state index in [0.29, 0.717) is 79.3 Å². The van der Waals surface area contributed by atoms with Crippen LogP contribution in [0.4, 0.5) is 0 Å². The number of hydrogen-bond acceptors (Lipinski definition) is 11. The van der Waals surface area contributed by atoms with Gasteiger partial charge in [0.2, 0.25) is 0 Å². The van der Waals surface area contributed by atoms with Crippen molar-refractivity contribution in [3.63, 3.8) is 0 Å². The Hall–Kier alpha value is -3.30. The van der Waals surface area contributed by atoms with Crippen molar-refractivity contribution in [3.8, 4) is 0 Å². The van der Waals surface area contributed by atoms with Gasteiger partial charge in [-0.25, -0.2) is 0 Å². The van der Waals surface area contributed by atoms with Gasteiger partial charge in [0.05, 0.1) is 61.1 Å². The molecule has 0 amide bonds. The molecule has 7 atom stereocenters. The second-order valence-electron chi connectivity index (χ2n) is 14.4. The summed E-state index contributed by atoms with van der Waals surface area (Å²) >= 11 is 34.9. The SMILES string of the molecule is O=C(O)[C@H]1C[C@@H]1C(=O)c1ccc(Cl)c(Cl)c1.O=C(OCCO)[C@H]1C[C@@H]1C(=O)c1ccc(Cl)c(Cl)c1.O=C(OCCOC1CCCCO1)[C@H]1C[C@@H]1C(=O)c1ccc(Cl)c(Cl)c1. The minimum Gasteiger partial charge on any atom is -0.481 e. The molecule has 7 rings (SSSR count). The van der Waals surface area contributed by atoms with Crippen LogP contribution in [0.1, 0.15) is 69.6 Å². The fourth-order valence-corrected chi connectivity index (χ4v) is 7.26. The van der Waals surface area contributed by atoms with Crippen molar-refractivity contribution in [2.24, 2.45) is 35.5 Å². The van der Waals surface area contributed by atoms with Crippen molar-refractivity contribution in [1.29, 1.82) is 0 Å². The first kappa shape index (κ1) is 47.7. The third-order valence-corrected chi connectivity index (χ3v) is 12.2. The lowest BCUT2D eigenvalue weighted by Crippen LogP contribution is -2.24.